The number of halogens is 1. The van der Waals surface area contributed by atoms with E-state index in [9.17, 15) is 13.5 Å². The third kappa shape index (κ3) is 4.14. The molecule has 106 valence electrons. The van der Waals surface area contributed by atoms with Gasteiger partial charge in [-0.25, -0.2) is 4.98 Å². The predicted octanol–water partition coefficient (Wildman–Crippen LogP) is 1.71. The molecule has 0 aliphatic heterocycles. The van der Waals surface area contributed by atoms with E-state index < -0.39 is 22.3 Å². The molecule has 2 rings (SSSR count). The lowest BCUT2D eigenvalue weighted by molar-refractivity contribution is 0.0521. The van der Waals surface area contributed by atoms with E-state index in [0.717, 1.165) is 11.8 Å². The lowest BCUT2D eigenvalue weighted by Gasteiger charge is -2.33. The first-order valence-electron chi connectivity index (χ1n) is 6.03. The fourth-order valence-corrected chi connectivity index (χ4v) is 3.21. The maximum atomic E-state index is 11.3. The Morgan fingerprint density at radius 2 is 2.16 bits per heavy atom. The third-order valence-corrected chi connectivity index (χ3v) is 4.06. The van der Waals surface area contributed by atoms with Crippen molar-refractivity contribution in [2.75, 3.05) is 6.26 Å². The standard InChI is InChI=1S/C12H16ClNO4S/c1-19(16,17)18-11-4-3-9(15)6-10(11)8-2-5-12(13)14-7-8/h2,5,7,9-11,15H,3-4,6H2,1H3/t9-,10-,11+/m0/s1. The van der Waals surface area contributed by atoms with Crippen LogP contribution in [0.15, 0.2) is 18.3 Å². The molecule has 0 radical (unpaired) electrons. The largest absolute Gasteiger partial charge is 0.393 e. The average Bonchev–Trinajstić information content (AvgIpc) is 2.31. The summed E-state index contributed by atoms with van der Waals surface area (Å²) in [6, 6.07) is 3.44. The molecule has 0 aromatic carbocycles. The minimum Gasteiger partial charge on any atom is -0.393 e. The van der Waals surface area contributed by atoms with Crippen LogP contribution < -0.4 is 0 Å². The lowest BCUT2D eigenvalue weighted by atomic mass is 9.81. The molecule has 1 fully saturated rings. The zero-order chi connectivity index (χ0) is 14.0. The van der Waals surface area contributed by atoms with E-state index in [-0.39, 0.29) is 5.92 Å². The number of rotatable bonds is 3. The maximum absolute atomic E-state index is 11.3. The van der Waals surface area contributed by atoms with Crippen LogP contribution >= 0.6 is 11.6 Å². The molecule has 3 atom stereocenters. The van der Waals surface area contributed by atoms with Gasteiger partial charge in [-0.1, -0.05) is 17.7 Å². The summed E-state index contributed by atoms with van der Waals surface area (Å²) in [5, 5.41) is 10.1. The van der Waals surface area contributed by atoms with Gasteiger partial charge in [-0.15, -0.1) is 0 Å². The number of aliphatic hydroxyl groups excluding tert-OH is 1. The minimum absolute atomic E-state index is 0.191. The van der Waals surface area contributed by atoms with Crippen molar-refractivity contribution >= 4 is 21.7 Å². The van der Waals surface area contributed by atoms with Gasteiger partial charge in [0.25, 0.3) is 10.1 Å². The van der Waals surface area contributed by atoms with E-state index in [1.165, 1.54) is 0 Å². The van der Waals surface area contributed by atoms with Crippen LogP contribution in [0.5, 0.6) is 0 Å². The van der Waals surface area contributed by atoms with Gasteiger partial charge in [-0.05, 0) is 30.9 Å². The highest BCUT2D eigenvalue weighted by molar-refractivity contribution is 7.86. The average molecular weight is 306 g/mol. The van der Waals surface area contributed by atoms with Crippen molar-refractivity contribution in [3.63, 3.8) is 0 Å². The third-order valence-electron chi connectivity index (χ3n) is 3.24. The highest BCUT2D eigenvalue weighted by Gasteiger charge is 2.33. The van der Waals surface area contributed by atoms with Crippen LogP contribution in [0.3, 0.4) is 0 Å². The molecular formula is C12H16ClNO4S. The van der Waals surface area contributed by atoms with E-state index >= 15 is 0 Å². The Hall–Kier alpha value is -0.690. The zero-order valence-electron chi connectivity index (χ0n) is 10.5. The fraction of sp³-hybridized carbons (Fsp3) is 0.583. The fourth-order valence-electron chi connectivity index (χ4n) is 2.42. The summed E-state index contributed by atoms with van der Waals surface area (Å²) in [7, 11) is -3.52. The molecule has 7 heteroatoms. The van der Waals surface area contributed by atoms with Crippen molar-refractivity contribution in [1.29, 1.82) is 0 Å². The molecule has 1 saturated carbocycles. The van der Waals surface area contributed by atoms with Crippen LogP contribution in [-0.2, 0) is 14.3 Å². The molecule has 0 bridgehead atoms. The molecule has 1 aliphatic rings. The molecular weight excluding hydrogens is 290 g/mol. The van der Waals surface area contributed by atoms with E-state index in [1.54, 1.807) is 18.3 Å². The molecule has 1 N–H and O–H groups in total. The van der Waals surface area contributed by atoms with Crippen LogP contribution in [0.25, 0.3) is 0 Å². The van der Waals surface area contributed by atoms with Crippen LogP contribution in [0.1, 0.15) is 30.7 Å². The van der Waals surface area contributed by atoms with Gasteiger partial charge in [-0.3, -0.25) is 4.18 Å². The number of hydrogen-bond donors (Lipinski definition) is 1. The summed E-state index contributed by atoms with van der Waals surface area (Å²) in [6.07, 6.45) is 3.24. The molecule has 19 heavy (non-hydrogen) atoms. The monoisotopic (exact) mass is 305 g/mol. The predicted molar refractivity (Wildman–Crippen MR) is 71.6 cm³/mol. The van der Waals surface area contributed by atoms with Crippen LogP contribution in [0.2, 0.25) is 5.15 Å². The van der Waals surface area contributed by atoms with E-state index in [0.29, 0.717) is 24.4 Å². The Morgan fingerprint density at radius 3 is 2.74 bits per heavy atom. The van der Waals surface area contributed by atoms with Gasteiger partial charge in [0.05, 0.1) is 18.5 Å². The van der Waals surface area contributed by atoms with E-state index in [2.05, 4.69) is 4.98 Å². The zero-order valence-corrected chi connectivity index (χ0v) is 12.1. The first kappa shape index (κ1) is 14.7. The second-order valence-corrected chi connectivity index (χ2v) is 6.81. The number of nitrogens with zero attached hydrogens (tertiary/aromatic N) is 1. The molecule has 0 unspecified atom stereocenters. The Bertz CT molecular complexity index is 531. The van der Waals surface area contributed by atoms with Gasteiger partial charge in [0.15, 0.2) is 0 Å². The first-order valence-corrected chi connectivity index (χ1v) is 8.22. The minimum atomic E-state index is -3.52. The first-order chi connectivity index (χ1) is 8.85. The molecule has 1 heterocycles. The SMILES string of the molecule is CS(=O)(=O)O[C@@H]1CC[C@H](O)C[C@H]1c1ccc(Cl)nc1. The van der Waals surface area contributed by atoms with E-state index in [4.69, 9.17) is 15.8 Å². The van der Waals surface area contributed by atoms with Gasteiger partial charge in [0, 0.05) is 12.1 Å². The van der Waals surface area contributed by atoms with Crippen molar-refractivity contribution in [3.8, 4) is 0 Å². The molecule has 1 aliphatic carbocycles. The molecule has 5 nitrogen and oxygen atoms in total. The van der Waals surface area contributed by atoms with Crippen LogP contribution in [0.4, 0.5) is 0 Å². The van der Waals surface area contributed by atoms with Crippen LogP contribution in [0, 0.1) is 0 Å². The highest BCUT2D eigenvalue weighted by atomic mass is 35.5. The van der Waals surface area contributed by atoms with Gasteiger partial charge in [-0.2, -0.15) is 8.42 Å². The molecule has 1 aromatic rings. The quantitative estimate of drug-likeness (QED) is 0.679. The summed E-state index contributed by atoms with van der Waals surface area (Å²) >= 11 is 5.73. The van der Waals surface area contributed by atoms with Crippen molar-refractivity contribution in [2.45, 2.75) is 37.4 Å². The van der Waals surface area contributed by atoms with Crippen LogP contribution in [-0.4, -0.2) is 37.0 Å². The Labute approximate surface area is 117 Å². The second kappa shape index (κ2) is 5.75. The summed E-state index contributed by atoms with van der Waals surface area (Å²) in [5.41, 5.74) is 0.830. The number of hydrogen-bond acceptors (Lipinski definition) is 5. The molecule has 0 spiro atoms. The topological polar surface area (TPSA) is 76.5 Å². The maximum Gasteiger partial charge on any atom is 0.264 e. The Balaban J connectivity index is 2.23. The molecule has 1 aromatic heterocycles. The second-order valence-electron chi connectivity index (χ2n) is 4.83. The van der Waals surface area contributed by atoms with E-state index in [1.807, 2.05) is 0 Å². The highest BCUT2D eigenvalue weighted by Crippen LogP contribution is 2.35. The lowest BCUT2D eigenvalue weighted by Crippen LogP contribution is -2.33. The number of aromatic nitrogens is 1. The van der Waals surface area contributed by atoms with Crippen molar-refractivity contribution in [2.24, 2.45) is 0 Å². The van der Waals surface area contributed by atoms with Crippen molar-refractivity contribution in [3.05, 3.63) is 29.0 Å². The number of pyridine rings is 1. The van der Waals surface area contributed by atoms with Crippen molar-refractivity contribution in [1.82, 2.24) is 4.98 Å². The van der Waals surface area contributed by atoms with Gasteiger partial charge in [0.1, 0.15) is 5.15 Å². The smallest absolute Gasteiger partial charge is 0.264 e. The Morgan fingerprint density at radius 1 is 1.42 bits per heavy atom. The summed E-state index contributed by atoms with van der Waals surface area (Å²) in [6.45, 7) is 0. The van der Waals surface area contributed by atoms with Gasteiger partial charge < -0.3 is 5.11 Å². The summed E-state index contributed by atoms with van der Waals surface area (Å²) in [5.74, 6) is -0.191. The normalized spacial score (nSPS) is 28.3. The Kier molecular flexibility index (Phi) is 4.45. The number of aliphatic hydroxyl groups is 1. The van der Waals surface area contributed by atoms with Gasteiger partial charge in [0.2, 0.25) is 0 Å². The summed E-state index contributed by atoms with van der Waals surface area (Å²) in [4.78, 5) is 3.99. The van der Waals surface area contributed by atoms with Crippen molar-refractivity contribution < 1.29 is 17.7 Å². The molecule has 0 amide bonds. The van der Waals surface area contributed by atoms with Gasteiger partial charge >= 0.3 is 0 Å². The summed E-state index contributed by atoms with van der Waals surface area (Å²) < 4.78 is 27.7. The molecule has 0 saturated heterocycles.